The summed E-state index contributed by atoms with van der Waals surface area (Å²) in [6.45, 7) is 0.0101. The van der Waals surface area contributed by atoms with E-state index >= 15 is 0 Å². The first-order valence-electron chi connectivity index (χ1n) is 22.0. The molecule has 0 aliphatic rings. The van der Waals surface area contributed by atoms with Gasteiger partial charge in [0.1, 0.15) is 0 Å². The molecular weight excluding hydrogens is 811 g/mol. The summed E-state index contributed by atoms with van der Waals surface area (Å²) in [5.41, 5.74) is 20.8. The minimum Gasteiger partial charge on any atom is -0.392 e. The third kappa shape index (κ3) is 8.72. The topological polar surface area (TPSA) is 99.4 Å². The number of rotatable bonds is 12. The molecule has 318 valence electrons. The van der Waals surface area contributed by atoms with Gasteiger partial charge in [0.25, 0.3) is 0 Å². The summed E-state index contributed by atoms with van der Waals surface area (Å²) in [5, 5.41) is 28.7. The predicted octanol–water partition coefficient (Wildman–Crippen LogP) is 13.4. The van der Waals surface area contributed by atoms with Crippen LogP contribution in [0.3, 0.4) is 0 Å². The number of aliphatic hydroxyl groups is 3. The lowest BCUT2D eigenvalue weighted by molar-refractivity contribution is 0.281. The van der Waals surface area contributed by atoms with Crippen LogP contribution in [-0.4, -0.2) is 30.3 Å². The molecule has 0 saturated carbocycles. The van der Waals surface area contributed by atoms with Crippen LogP contribution in [0, 0.1) is 0 Å². The number of pyridine rings is 3. The lowest BCUT2D eigenvalue weighted by Crippen LogP contribution is -1.93. The van der Waals surface area contributed by atoms with Crippen molar-refractivity contribution in [3.05, 3.63) is 235 Å². The summed E-state index contributed by atoms with van der Waals surface area (Å²) in [6, 6.07) is 68.5. The minimum absolute atomic E-state index is 0.00335. The summed E-state index contributed by atoms with van der Waals surface area (Å²) in [4.78, 5) is 14.7. The molecule has 6 heteroatoms. The second-order valence-corrected chi connectivity index (χ2v) is 16.3. The van der Waals surface area contributed by atoms with E-state index in [2.05, 4.69) is 127 Å². The molecule has 10 aromatic rings. The Hall–Kier alpha value is -8.13. The third-order valence-electron chi connectivity index (χ3n) is 12.2. The Morgan fingerprint density at radius 3 is 0.682 bits per heavy atom. The van der Waals surface area contributed by atoms with E-state index in [4.69, 9.17) is 15.0 Å². The second kappa shape index (κ2) is 18.9. The highest BCUT2D eigenvalue weighted by Crippen LogP contribution is 2.42. The van der Waals surface area contributed by atoms with Crippen LogP contribution in [-0.2, 0) is 19.8 Å². The van der Waals surface area contributed by atoms with Crippen LogP contribution >= 0.6 is 0 Å². The standard InChI is InChI=1S/C60H45N3O3/c64-37-40-13-19-43(20-14-40)58-28-25-46(34-61-58)52-7-1-4-10-55(52)49-31-50(56-11-5-2-8-53(56)47-26-29-59(62-35-47)44-21-15-41(38-65)16-22-44)33-51(32-49)57-12-6-3-9-54(57)48-27-30-60(63-36-48)45-23-17-42(39-66)18-24-45/h1-36,64-66H,37-39H2. The molecule has 6 nitrogen and oxygen atoms in total. The average Bonchev–Trinajstić information content (AvgIpc) is 3.41. The van der Waals surface area contributed by atoms with E-state index in [0.29, 0.717) is 0 Å². The van der Waals surface area contributed by atoms with Crippen molar-refractivity contribution in [2.75, 3.05) is 0 Å². The van der Waals surface area contributed by atoms with Crippen LogP contribution in [0.5, 0.6) is 0 Å². The Morgan fingerprint density at radius 1 is 0.242 bits per heavy atom. The molecular formula is C60H45N3O3. The van der Waals surface area contributed by atoms with E-state index in [1.165, 1.54) is 0 Å². The number of aliphatic hydroxyl groups excluding tert-OH is 3. The maximum atomic E-state index is 9.56. The molecule has 0 atom stereocenters. The van der Waals surface area contributed by atoms with Crippen molar-refractivity contribution in [1.29, 1.82) is 0 Å². The molecule has 66 heavy (non-hydrogen) atoms. The maximum Gasteiger partial charge on any atom is 0.0702 e. The third-order valence-corrected chi connectivity index (χ3v) is 12.2. The van der Waals surface area contributed by atoms with Crippen molar-refractivity contribution < 1.29 is 15.3 Å². The Balaban J connectivity index is 1.09. The number of hydrogen-bond acceptors (Lipinski definition) is 6. The molecule has 0 aliphatic carbocycles. The molecule has 0 spiro atoms. The number of nitrogens with zero attached hydrogens (tertiary/aromatic N) is 3. The van der Waals surface area contributed by atoms with Crippen LogP contribution in [0.1, 0.15) is 16.7 Å². The first-order chi connectivity index (χ1) is 32.5. The first-order valence-corrected chi connectivity index (χ1v) is 22.0. The monoisotopic (exact) mass is 855 g/mol. The van der Waals surface area contributed by atoms with Crippen LogP contribution in [0.2, 0.25) is 0 Å². The zero-order valence-electron chi connectivity index (χ0n) is 36.1. The minimum atomic E-state index is 0.00335. The van der Waals surface area contributed by atoms with Gasteiger partial charge in [-0.25, -0.2) is 0 Å². The van der Waals surface area contributed by atoms with Crippen molar-refractivity contribution in [2.45, 2.75) is 19.8 Å². The molecule has 3 aromatic heterocycles. The summed E-state index contributed by atoms with van der Waals surface area (Å²) in [5.74, 6) is 0. The van der Waals surface area contributed by atoms with Gasteiger partial charge in [-0.2, -0.15) is 0 Å². The van der Waals surface area contributed by atoms with Crippen molar-refractivity contribution in [3.63, 3.8) is 0 Å². The lowest BCUT2D eigenvalue weighted by atomic mass is 9.86. The summed E-state index contributed by atoms with van der Waals surface area (Å²) in [7, 11) is 0. The fourth-order valence-corrected chi connectivity index (χ4v) is 8.57. The van der Waals surface area contributed by atoms with E-state index in [9.17, 15) is 15.3 Å². The maximum absolute atomic E-state index is 9.56. The Bertz CT molecular complexity index is 2890. The molecule has 10 rings (SSSR count). The van der Waals surface area contributed by atoms with Crippen LogP contribution in [0.25, 0.3) is 101 Å². The lowest BCUT2D eigenvalue weighted by Gasteiger charge is -2.18. The zero-order valence-corrected chi connectivity index (χ0v) is 36.1. The molecule has 3 heterocycles. The Kier molecular flexibility index (Phi) is 12.0. The van der Waals surface area contributed by atoms with Gasteiger partial charge in [0, 0.05) is 52.0 Å². The molecule has 0 fully saturated rings. The molecule has 0 saturated heterocycles. The smallest absolute Gasteiger partial charge is 0.0702 e. The highest BCUT2D eigenvalue weighted by atomic mass is 16.3. The highest BCUT2D eigenvalue weighted by Gasteiger charge is 2.17. The van der Waals surface area contributed by atoms with Crippen LogP contribution in [0.15, 0.2) is 219 Å². The zero-order chi connectivity index (χ0) is 44.8. The van der Waals surface area contributed by atoms with Gasteiger partial charge in [-0.1, -0.05) is 164 Å². The Morgan fingerprint density at radius 2 is 0.470 bits per heavy atom. The van der Waals surface area contributed by atoms with Crippen molar-refractivity contribution in [2.24, 2.45) is 0 Å². The van der Waals surface area contributed by atoms with Gasteiger partial charge in [-0.3, -0.25) is 15.0 Å². The predicted molar refractivity (Wildman–Crippen MR) is 267 cm³/mol. The van der Waals surface area contributed by atoms with Gasteiger partial charge in [0.05, 0.1) is 36.9 Å². The summed E-state index contributed by atoms with van der Waals surface area (Å²) in [6.07, 6.45) is 5.83. The molecule has 0 amide bonds. The number of benzene rings is 7. The number of hydrogen-bond donors (Lipinski definition) is 3. The van der Waals surface area contributed by atoms with E-state index in [0.717, 1.165) is 117 Å². The molecule has 0 radical (unpaired) electrons. The highest BCUT2D eigenvalue weighted by molar-refractivity contribution is 5.94. The number of aromatic nitrogens is 3. The summed E-state index contributed by atoms with van der Waals surface area (Å²) < 4.78 is 0. The first kappa shape index (κ1) is 41.9. The fraction of sp³-hybridized carbons (Fsp3) is 0.0500. The van der Waals surface area contributed by atoms with E-state index < -0.39 is 0 Å². The van der Waals surface area contributed by atoms with E-state index in [-0.39, 0.29) is 19.8 Å². The van der Waals surface area contributed by atoms with Gasteiger partial charge in [-0.15, -0.1) is 0 Å². The van der Waals surface area contributed by atoms with Crippen molar-refractivity contribution in [3.8, 4) is 101 Å². The largest absolute Gasteiger partial charge is 0.392 e. The fourth-order valence-electron chi connectivity index (χ4n) is 8.57. The van der Waals surface area contributed by atoms with Crippen LogP contribution < -0.4 is 0 Å². The van der Waals surface area contributed by atoms with Gasteiger partial charge in [-0.05, 0) is 103 Å². The second-order valence-electron chi connectivity index (χ2n) is 16.3. The van der Waals surface area contributed by atoms with Gasteiger partial charge in [0.2, 0.25) is 0 Å². The average molecular weight is 856 g/mol. The van der Waals surface area contributed by atoms with Gasteiger partial charge in [0.15, 0.2) is 0 Å². The van der Waals surface area contributed by atoms with E-state index in [1.54, 1.807) is 0 Å². The molecule has 7 aromatic carbocycles. The SMILES string of the molecule is OCc1ccc(-c2ccc(-c3ccccc3-c3cc(-c4ccccc4-c4ccc(-c5ccc(CO)cc5)nc4)cc(-c4ccccc4-c4ccc(-c5ccc(CO)cc5)nc4)c3)cn2)cc1. The molecule has 0 unspecified atom stereocenters. The van der Waals surface area contributed by atoms with Gasteiger partial charge < -0.3 is 15.3 Å². The molecule has 0 bridgehead atoms. The molecule has 0 aliphatic heterocycles. The normalized spacial score (nSPS) is 11.1. The van der Waals surface area contributed by atoms with Crippen LogP contribution in [0.4, 0.5) is 0 Å². The molecule has 3 N–H and O–H groups in total. The quantitative estimate of drug-likeness (QED) is 0.113. The van der Waals surface area contributed by atoms with Gasteiger partial charge >= 0.3 is 0 Å². The van der Waals surface area contributed by atoms with Crippen molar-refractivity contribution >= 4 is 0 Å². The van der Waals surface area contributed by atoms with E-state index in [1.807, 2.05) is 91.4 Å². The Labute approximate surface area is 384 Å². The van der Waals surface area contributed by atoms with Crippen molar-refractivity contribution in [1.82, 2.24) is 15.0 Å². The summed E-state index contributed by atoms with van der Waals surface area (Å²) >= 11 is 0.